The van der Waals surface area contributed by atoms with Crippen LogP contribution in [0.1, 0.15) is 75.6 Å². The van der Waals surface area contributed by atoms with Crippen LogP contribution in [0.4, 0.5) is 0 Å². The van der Waals surface area contributed by atoms with Crippen molar-refractivity contribution in [1.82, 2.24) is 0 Å². The number of allylic oxidation sites excluding steroid dienone is 2. The van der Waals surface area contributed by atoms with Gasteiger partial charge in [-0.15, -0.1) is 0 Å². The summed E-state index contributed by atoms with van der Waals surface area (Å²) in [5, 5.41) is 9.86. The molecule has 6 nitrogen and oxygen atoms in total. The Bertz CT molecular complexity index is 865. The van der Waals surface area contributed by atoms with Crippen LogP contribution in [0.5, 0.6) is 0 Å². The summed E-state index contributed by atoms with van der Waals surface area (Å²) in [6, 6.07) is 0. The molecule has 1 heterocycles. The van der Waals surface area contributed by atoms with Crippen molar-refractivity contribution in [2.24, 2.45) is 5.92 Å². The van der Waals surface area contributed by atoms with E-state index < -0.39 is 11.9 Å². The predicted octanol–water partition coefficient (Wildman–Crippen LogP) is 3.76. The number of ether oxygens (including phenoxy) is 2. The van der Waals surface area contributed by atoms with Crippen molar-refractivity contribution in [2.75, 3.05) is 7.11 Å². The SMILES string of the molecule is CCc1c(C)c2c(c(C(=O)O)c1CC=C1CCCC1CC(=O)OC)C(=O)OC2. The molecule has 28 heavy (non-hydrogen) atoms. The summed E-state index contributed by atoms with van der Waals surface area (Å²) in [6.07, 6.45) is 6.35. The predicted molar refractivity (Wildman–Crippen MR) is 102 cm³/mol. The molecule has 1 aliphatic heterocycles. The van der Waals surface area contributed by atoms with Crippen LogP contribution in [0.3, 0.4) is 0 Å². The number of carboxylic acid groups (broad SMARTS) is 1. The van der Waals surface area contributed by atoms with Gasteiger partial charge in [0.1, 0.15) is 6.61 Å². The van der Waals surface area contributed by atoms with Gasteiger partial charge in [-0.2, -0.15) is 0 Å². The van der Waals surface area contributed by atoms with Crippen molar-refractivity contribution in [2.45, 2.75) is 59.0 Å². The highest BCUT2D eigenvalue weighted by Gasteiger charge is 2.33. The average molecular weight is 386 g/mol. The van der Waals surface area contributed by atoms with E-state index >= 15 is 0 Å². The Kier molecular flexibility index (Phi) is 5.87. The minimum absolute atomic E-state index is 0.0688. The minimum atomic E-state index is -1.10. The van der Waals surface area contributed by atoms with E-state index in [1.165, 1.54) is 12.7 Å². The van der Waals surface area contributed by atoms with Crippen molar-refractivity contribution < 1.29 is 29.0 Å². The number of carboxylic acids is 1. The van der Waals surface area contributed by atoms with Gasteiger partial charge in [-0.1, -0.05) is 18.6 Å². The Balaban J connectivity index is 2.03. The molecular weight excluding hydrogens is 360 g/mol. The lowest BCUT2D eigenvalue weighted by Gasteiger charge is -2.18. The summed E-state index contributed by atoms with van der Waals surface area (Å²) in [4.78, 5) is 35.9. The second-order valence-corrected chi connectivity index (χ2v) is 7.40. The molecule has 0 saturated heterocycles. The number of carbonyl (C=O) groups excluding carboxylic acids is 2. The molecule has 0 bridgehead atoms. The van der Waals surface area contributed by atoms with E-state index in [1.54, 1.807) is 0 Å². The molecule has 0 amide bonds. The summed E-state index contributed by atoms with van der Waals surface area (Å²) in [6.45, 7) is 4.05. The second-order valence-electron chi connectivity index (χ2n) is 7.40. The number of benzene rings is 1. The molecule has 0 radical (unpaired) electrons. The lowest BCUT2D eigenvalue weighted by atomic mass is 9.85. The fourth-order valence-corrected chi connectivity index (χ4v) is 4.57. The van der Waals surface area contributed by atoms with E-state index in [0.717, 1.165) is 30.4 Å². The molecule has 2 aliphatic rings. The van der Waals surface area contributed by atoms with Gasteiger partial charge in [-0.3, -0.25) is 4.79 Å². The Hall–Kier alpha value is -2.63. The number of esters is 2. The normalized spacial score (nSPS) is 19.6. The summed E-state index contributed by atoms with van der Waals surface area (Å²) < 4.78 is 9.92. The van der Waals surface area contributed by atoms with E-state index in [2.05, 4.69) is 0 Å². The second kappa shape index (κ2) is 8.17. The quantitative estimate of drug-likeness (QED) is 0.591. The van der Waals surface area contributed by atoms with Gasteiger partial charge in [0, 0.05) is 5.56 Å². The first kappa shape index (κ1) is 20.1. The van der Waals surface area contributed by atoms with Crippen LogP contribution < -0.4 is 0 Å². The lowest BCUT2D eigenvalue weighted by molar-refractivity contribution is -0.141. The highest BCUT2D eigenvalue weighted by atomic mass is 16.5. The number of hydrogen-bond donors (Lipinski definition) is 1. The molecule has 6 heteroatoms. The van der Waals surface area contributed by atoms with Gasteiger partial charge in [0.25, 0.3) is 0 Å². The van der Waals surface area contributed by atoms with Crippen molar-refractivity contribution in [3.63, 3.8) is 0 Å². The van der Waals surface area contributed by atoms with Gasteiger partial charge < -0.3 is 14.6 Å². The molecule has 1 N–H and O–H groups in total. The van der Waals surface area contributed by atoms with E-state index in [-0.39, 0.29) is 29.6 Å². The number of fused-ring (bicyclic) bond motifs is 1. The lowest BCUT2D eigenvalue weighted by Crippen LogP contribution is -2.15. The Morgan fingerprint density at radius 3 is 2.71 bits per heavy atom. The standard InChI is InChI=1S/C22H26O6/c1-4-15-12(2)17-11-28-22(26)20(17)19(21(24)25)16(15)9-8-13-6-5-7-14(13)10-18(23)27-3/h8,14H,4-7,9-11H2,1-3H3,(H,24,25). The number of aromatic carboxylic acids is 1. The number of rotatable bonds is 6. The Morgan fingerprint density at radius 1 is 1.32 bits per heavy atom. The van der Waals surface area contributed by atoms with Gasteiger partial charge in [-0.05, 0) is 61.6 Å². The molecule has 1 aliphatic carbocycles. The number of cyclic esters (lactones) is 1. The average Bonchev–Trinajstić information content (AvgIpc) is 3.26. The van der Waals surface area contributed by atoms with Crippen molar-refractivity contribution in [1.29, 1.82) is 0 Å². The van der Waals surface area contributed by atoms with Crippen molar-refractivity contribution in [3.8, 4) is 0 Å². The first-order valence-electron chi connectivity index (χ1n) is 9.72. The first-order valence-corrected chi connectivity index (χ1v) is 9.72. The Labute approximate surface area is 164 Å². The molecule has 0 spiro atoms. The van der Waals surface area contributed by atoms with Crippen LogP contribution in [0.15, 0.2) is 11.6 Å². The first-order chi connectivity index (χ1) is 13.4. The minimum Gasteiger partial charge on any atom is -0.478 e. The molecule has 0 aromatic heterocycles. The number of methoxy groups -OCH3 is 1. The van der Waals surface area contributed by atoms with Crippen LogP contribution in [0, 0.1) is 12.8 Å². The zero-order valence-corrected chi connectivity index (χ0v) is 16.6. The van der Waals surface area contributed by atoms with E-state index in [0.29, 0.717) is 30.4 Å². The molecule has 1 saturated carbocycles. The largest absolute Gasteiger partial charge is 0.478 e. The molecule has 1 atom stereocenters. The smallest absolute Gasteiger partial charge is 0.339 e. The third-order valence-electron chi connectivity index (χ3n) is 5.99. The zero-order chi connectivity index (χ0) is 20.4. The van der Waals surface area contributed by atoms with E-state index in [4.69, 9.17) is 9.47 Å². The summed E-state index contributed by atoms with van der Waals surface area (Å²) in [5.74, 6) is -1.74. The van der Waals surface area contributed by atoms with Gasteiger partial charge in [0.2, 0.25) is 0 Å². The molecular formula is C22H26O6. The van der Waals surface area contributed by atoms with Crippen LogP contribution in [-0.2, 0) is 33.7 Å². The van der Waals surface area contributed by atoms with Crippen LogP contribution in [-0.4, -0.2) is 30.1 Å². The zero-order valence-electron chi connectivity index (χ0n) is 16.6. The van der Waals surface area contributed by atoms with Gasteiger partial charge in [0.15, 0.2) is 0 Å². The fourth-order valence-electron chi connectivity index (χ4n) is 4.57. The van der Waals surface area contributed by atoms with Crippen LogP contribution in [0.2, 0.25) is 0 Å². The summed E-state index contributed by atoms with van der Waals surface area (Å²) in [7, 11) is 1.39. The molecule has 3 rings (SSSR count). The van der Waals surface area contributed by atoms with E-state index in [1.807, 2.05) is 19.9 Å². The molecule has 1 aromatic rings. The molecule has 1 unspecified atom stereocenters. The van der Waals surface area contributed by atoms with Crippen LogP contribution in [0.25, 0.3) is 0 Å². The highest BCUT2D eigenvalue weighted by Crippen LogP contribution is 2.37. The maximum Gasteiger partial charge on any atom is 0.339 e. The third kappa shape index (κ3) is 3.55. The molecule has 150 valence electrons. The fraction of sp³-hybridized carbons (Fsp3) is 0.500. The van der Waals surface area contributed by atoms with E-state index in [9.17, 15) is 19.5 Å². The summed E-state index contributed by atoms with van der Waals surface area (Å²) in [5.41, 5.74) is 4.73. The summed E-state index contributed by atoms with van der Waals surface area (Å²) >= 11 is 0. The molecule has 1 aromatic carbocycles. The van der Waals surface area contributed by atoms with Crippen LogP contribution >= 0.6 is 0 Å². The van der Waals surface area contributed by atoms with Gasteiger partial charge in [-0.25, -0.2) is 9.59 Å². The topological polar surface area (TPSA) is 89.9 Å². The third-order valence-corrected chi connectivity index (χ3v) is 5.99. The maximum absolute atomic E-state index is 12.2. The maximum atomic E-state index is 12.2. The monoisotopic (exact) mass is 386 g/mol. The van der Waals surface area contributed by atoms with Crippen molar-refractivity contribution >= 4 is 17.9 Å². The highest BCUT2D eigenvalue weighted by molar-refractivity contribution is 6.06. The van der Waals surface area contributed by atoms with Crippen molar-refractivity contribution in [3.05, 3.63) is 45.0 Å². The number of carbonyl (C=O) groups is 3. The van der Waals surface area contributed by atoms with Gasteiger partial charge in [0.05, 0.1) is 24.7 Å². The number of hydrogen-bond acceptors (Lipinski definition) is 5. The Morgan fingerprint density at radius 2 is 2.07 bits per heavy atom. The van der Waals surface area contributed by atoms with Gasteiger partial charge >= 0.3 is 17.9 Å². The molecule has 1 fully saturated rings.